The van der Waals surface area contributed by atoms with Crippen LogP contribution in [0.3, 0.4) is 0 Å². The Kier molecular flexibility index (Phi) is 282. The molecule has 0 aliphatic heterocycles. The molecule has 0 saturated carbocycles. The molecule has 8 rings (SSSR count). The molecule has 540 valence electrons. The fraction of sp³-hybridized carbons (Fsp3) is 0.429. The minimum absolute atomic E-state index is 0. The molecule has 0 spiro atoms. The third-order valence-corrected chi connectivity index (χ3v) is 11.4. The van der Waals surface area contributed by atoms with Gasteiger partial charge in [0.15, 0.2) is 14.3 Å². The highest BCUT2D eigenvalue weighted by Crippen LogP contribution is 1.88. The number of methoxy groups -OCH3 is 2. The van der Waals surface area contributed by atoms with Gasteiger partial charge in [0.25, 0.3) is 0 Å². The summed E-state index contributed by atoms with van der Waals surface area (Å²) in [5.74, 6) is 0. The lowest BCUT2D eigenvalue weighted by Gasteiger charge is -1.84. The monoisotopic (exact) mass is 1550 g/mol. The lowest BCUT2D eigenvalue weighted by Crippen LogP contribution is -3.61. The molecular formula is C84H152Cl2I2O4. The van der Waals surface area contributed by atoms with Gasteiger partial charge in [-0.05, 0) is 48.5 Å². The first kappa shape index (κ1) is 136. The molecule has 92 heavy (non-hydrogen) atoms. The highest BCUT2D eigenvalue weighted by atomic mass is 127. The average Bonchev–Trinajstić information content (AvgIpc) is 3.03. The van der Waals surface area contributed by atoms with Crippen LogP contribution in [0.15, 0.2) is 267 Å². The van der Waals surface area contributed by atoms with E-state index < -0.39 is 0 Å². The van der Waals surface area contributed by atoms with Gasteiger partial charge in [0.1, 0.15) is 0 Å². The summed E-state index contributed by atoms with van der Waals surface area (Å²) in [6.07, 6.45) is 2.50. The smallest absolute Gasteiger partial charge is 0.357 e. The van der Waals surface area contributed by atoms with Crippen molar-refractivity contribution in [1.82, 2.24) is 0 Å². The van der Waals surface area contributed by atoms with Gasteiger partial charge in [0.2, 0.25) is 0 Å². The Morgan fingerprint density at radius 3 is 0.315 bits per heavy atom. The van der Waals surface area contributed by atoms with Crippen molar-refractivity contribution in [1.29, 1.82) is 0 Å². The van der Waals surface area contributed by atoms with Crippen LogP contribution in [0.2, 0.25) is 0 Å². The van der Waals surface area contributed by atoms with Crippen LogP contribution in [0, 0.1) is 14.3 Å². The van der Waals surface area contributed by atoms with Crippen molar-refractivity contribution in [3.63, 3.8) is 0 Å². The summed E-state index contributed by atoms with van der Waals surface area (Å²) in [6, 6.07) is 90.8. The first-order valence-corrected chi connectivity index (χ1v) is 38.1. The Hall–Kier alpha value is -4.36. The third-order valence-electron chi connectivity index (χ3n) is 6.04. The number of hydrogen-bond donors (Lipinski definition) is 2. The lowest BCUT2D eigenvalue weighted by atomic mass is 10.4. The van der Waals surface area contributed by atoms with Gasteiger partial charge in [0.05, 0.1) is 0 Å². The second-order valence-corrected chi connectivity index (χ2v) is 18.3. The zero-order valence-corrected chi connectivity index (χ0v) is 71.9. The maximum absolute atomic E-state index is 7.00. The van der Waals surface area contributed by atoms with Gasteiger partial charge in [0, 0.05) is 42.7 Å². The summed E-state index contributed by atoms with van der Waals surface area (Å²) in [5, 5.41) is 14.0. The number of rotatable bonds is 4. The maximum Gasteiger partial charge on any atom is 0.357 e. The summed E-state index contributed by atoms with van der Waals surface area (Å²) in [7, 11) is 8.50. The minimum atomic E-state index is 0. The molecule has 0 aromatic heterocycles. The topological polar surface area (TPSA) is 58.9 Å². The fourth-order valence-corrected chi connectivity index (χ4v) is 8.24. The normalized spacial score (nSPS) is 6.57. The quantitative estimate of drug-likeness (QED) is 0.172. The van der Waals surface area contributed by atoms with Gasteiger partial charge in [-0.3, -0.25) is 0 Å². The molecule has 0 radical (unpaired) electrons. The van der Waals surface area contributed by atoms with Crippen molar-refractivity contribution in [2.75, 3.05) is 42.7 Å². The molecular weight excluding hydrogens is 1400 g/mol. The van der Waals surface area contributed by atoms with Crippen molar-refractivity contribution >= 4 is 0 Å². The molecule has 0 unspecified atom stereocenters. The number of halogens is 4. The Bertz CT molecular complexity index is 1500. The summed E-state index contributed by atoms with van der Waals surface area (Å²) in [5.41, 5.74) is 0. The molecule has 0 heterocycles. The molecule has 0 aliphatic carbocycles. The first-order chi connectivity index (χ1) is 44.6. The fourth-order valence-electron chi connectivity index (χ4n) is 3.70. The van der Waals surface area contributed by atoms with Gasteiger partial charge in [-0.2, -0.15) is 0 Å². The van der Waals surface area contributed by atoms with Gasteiger partial charge in [-0.15, -0.1) is 0 Å². The zero-order valence-electron chi connectivity index (χ0n) is 66.0. The molecule has 0 atom stereocenters. The van der Waals surface area contributed by atoms with E-state index in [9.17, 15) is 0 Å². The van der Waals surface area contributed by atoms with E-state index in [-0.39, 0.29) is 67.2 Å². The van der Waals surface area contributed by atoms with Crippen LogP contribution in [0.4, 0.5) is 0 Å². The van der Waals surface area contributed by atoms with Crippen LogP contribution in [-0.4, -0.2) is 52.9 Å². The highest BCUT2D eigenvalue weighted by molar-refractivity contribution is 5.05. The van der Waals surface area contributed by atoms with E-state index in [1.807, 2.05) is 312 Å². The van der Waals surface area contributed by atoms with Crippen molar-refractivity contribution in [3.8, 4) is 0 Å². The second-order valence-electron chi connectivity index (χ2n) is 12.2. The average molecular weight is 1550 g/mol. The Balaban J connectivity index is -0.0000000407. The number of ether oxygens (including phenoxy) is 2. The van der Waals surface area contributed by atoms with Crippen LogP contribution in [0.5, 0.6) is 0 Å². The molecule has 8 aromatic carbocycles. The molecule has 0 bridgehead atoms. The van der Waals surface area contributed by atoms with E-state index in [1.54, 1.807) is 28.4 Å². The van der Waals surface area contributed by atoms with E-state index in [1.165, 1.54) is 27.1 Å². The summed E-state index contributed by atoms with van der Waals surface area (Å²) in [4.78, 5) is 0. The van der Waals surface area contributed by atoms with E-state index in [2.05, 4.69) is 158 Å². The van der Waals surface area contributed by atoms with E-state index in [4.69, 9.17) is 10.2 Å². The lowest BCUT2D eigenvalue weighted by molar-refractivity contribution is -0.597. The van der Waals surface area contributed by atoms with Crippen molar-refractivity contribution in [2.24, 2.45) is 0 Å². The van der Waals surface area contributed by atoms with Crippen LogP contribution in [0.25, 0.3) is 0 Å². The first-order valence-electron chi connectivity index (χ1n) is 33.8. The maximum atomic E-state index is 7.00. The van der Waals surface area contributed by atoms with E-state index in [0.717, 1.165) is 14.2 Å². The summed E-state index contributed by atoms with van der Waals surface area (Å²) in [6.45, 7) is 56.5. The van der Waals surface area contributed by atoms with Gasteiger partial charge >= 0.3 is 42.4 Å². The molecule has 2 N–H and O–H groups in total. The predicted molar refractivity (Wildman–Crippen MR) is 417 cm³/mol. The largest absolute Gasteiger partial charge is 1.00 e. The number of benzene rings is 8. The van der Waals surface area contributed by atoms with E-state index >= 15 is 0 Å². The highest BCUT2D eigenvalue weighted by Gasteiger charge is 2.13. The van der Waals surface area contributed by atoms with Crippen LogP contribution < -0.4 is 67.2 Å². The van der Waals surface area contributed by atoms with Gasteiger partial charge in [-0.25, -0.2) is 0 Å². The molecule has 8 heteroatoms. The third kappa shape index (κ3) is 172. The predicted octanol–water partition coefficient (Wildman–Crippen LogP) is 15.3. The van der Waals surface area contributed by atoms with Gasteiger partial charge in [-0.1, -0.05) is 425 Å². The Labute approximate surface area is 612 Å². The molecule has 0 fully saturated rings. The minimum Gasteiger partial charge on any atom is -1.00 e. The number of aliphatic hydroxyl groups excluding tert-OH is 2. The molecule has 4 nitrogen and oxygen atoms in total. The van der Waals surface area contributed by atoms with E-state index in [0.29, 0.717) is 0 Å². The molecule has 8 aromatic rings. The van der Waals surface area contributed by atoms with Crippen molar-refractivity contribution in [3.05, 3.63) is 281 Å². The van der Waals surface area contributed by atoms with Crippen LogP contribution in [0.1, 0.15) is 207 Å². The molecule has 0 aliphatic rings. The van der Waals surface area contributed by atoms with Crippen molar-refractivity contribution in [2.45, 2.75) is 207 Å². The SMILES string of the molecule is CC.CC.CC.CC.CC.CC.CC.CC.CC.CC.CC.CC.CCC.CCC.CO.CO.COC.COC.[Cl-].[Cl-].c1ccc([I+]c2ccccc2)cc1.c1ccc([I+]c2ccccc2)cc1.c1ccccc1.c1ccccc1.c1ccccc1.c1ccccc1. The molecule has 0 saturated heterocycles. The van der Waals surface area contributed by atoms with Gasteiger partial charge < -0.3 is 44.5 Å². The second kappa shape index (κ2) is 191. The number of aliphatic hydroxyl groups is 2. The van der Waals surface area contributed by atoms with Crippen molar-refractivity contribution < 1.29 is 86.9 Å². The number of hydrogen-bond acceptors (Lipinski definition) is 4. The van der Waals surface area contributed by atoms with Crippen LogP contribution in [-0.2, 0) is 9.47 Å². The Morgan fingerprint density at radius 1 is 0.196 bits per heavy atom. The standard InChI is InChI=1S/2C12H10I.4C6H6.2C3H8.2C2H6O.12C2H6.2CH4O.2ClH/c2*1-3-7-11(8-4-1)13-12-9-5-2-6-10-12;4*1-2-4-6-5-3-1;4*1-3-2;14*1-2;;/h2*1-10H;4*1-6H;2*3H2,1-2H3;2*1-2H3;12*1-2H3;2*2H,1H3;2*1H/q2*+1;;;;;;;;;;;;;;;;;;;;;;;;/p-2. The summed E-state index contributed by atoms with van der Waals surface area (Å²) >= 11 is 0.0574. The van der Waals surface area contributed by atoms with Crippen LogP contribution >= 0.6 is 0 Å². The Morgan fingerprint density at radius 2 is 0.250 bits per heavy atom. The molecule has 0 amide bonds. The summed E-state index contributed by atoms with van der Waals surface area (Å²) < 4.78 is 14.4. The zero-order chi connectivity index (χ0) is 73.7.